The molecule has 1 aliphatic carbocycles. The number of benzene rings is 2. The quantitative estimate of drug-likeness (QED) is 0.500. The molecular formula is C26H26N2O5S. The highest BCUT2D eigenvalue weighted by molar-refractivity contribution is 7.10. The molecule has 34 heavy (non-hydrogen) atoms. The zero-order chi connectivity index (χ0) is 24.2. The van der Waals surface area contributed by atoms with Gasteiger partial charge in [-0.15, -0.1) is 11.3 Å². The predicted molar refractivity (Wildman–Crippen MR) is 130 cm³/mol. The van der Waals surface area contributed by atoms with Crippen LogP contribution in [-0.2, 0) is 20.9 Å². The SMILES string of the molecule is Cc1ccsc1CN(C)C(=O)C(CC(=O)O)NC(=O)OCC1c2ccccc2-c2ccccc21. The van der Waals surface area contributed by atoms with Crippen molar-refractivity contribution in [1.29, 1.82) is 0 Å². The summed E-state index contributed by atoms with van der Waals surface area (Å²) in [4.78, 5) is 39.4. The lowest BCUT2D eigenvalue weighted by Gasteiger charge is -2.24. The maximum atomic E-state index is 12.9. The number of carboxylic acid groups (broad SMARTS) is 1. The molecule has 1 unspecified atom stereocenters. The summed E-state index contributed by atoms with van der Waals surface area (Å²) in [6.07, 6.45) is -1.35. The van der Waals surface area contributed by atoms with Crippen molar-refractivity contribution in [3.8, 4) is 11.1 Å². The molecule has 0 saturated heterocycles. The number of carbonyl (C=O) groups excluding carboxylic acids is 2. The van der Waals surface area contributed by atoms with Crippen LogP contribution in [0, 0.1) is 6.92 Å². The van der Waals surface area contributed by atoms with Crippen molar-refractivity contribution < 1.29 is 24.2 Å². The molecule has 2 N–H and O–H groups in total. The van der Waals surface area contributed by atoms with Crippen LogP contribution >= 0.6 is 11.3 Å². The van der Waals surface area contributed by atoms with Crippen molar-refractivity contribution in [2.75, 3.05) is 13.7 Å². The van der Waals surface area contributed by atoms with Crippen LogP contribution in [-0.4, -0.2) is 47.7 Å². The Morgan fingerprint density at radius 3 is 2.24 bits per heavy atom. The molecule has 0 saturated carbocycles. The van der Waals surface area contributed by atoms with Gasteiger partial charge in [0, 0.05) is 17.8 Å². The fraction of sp³-hybridized carbons (Fsp3) is 0.269. The number of hydrogen-bond acceptors (Lipinski definition) is 5. The Labute approximate surface area is 202 Å². The van der Waals surface area contributed by atoms with Gasteiger partial charge in [0.1, 0.15) is 12.6 Å². The van der Waals surface area contributed by atoms with E-state index in [-0.39, 0.29) is 12.5 Å². The molecule has 4 rings (SSSR count). The summed E-state index contributed by atoms with van der Waals surface area (Å²) in [5.41, 5.74) is 5.42. The normalized spacial score (nSPS) is 13.0. The van der Waals surface area contributed by atoms with E-state index in [0.29, 0.717) is 6.54 Å². The molecule has 0 aliphatic heterocycles. The second kappa shape index (κ2) is 10.1. The molecule has 1 heterocycles. The molecule has 2 amide bonds. The average Bonchev–Trinajstić information content (AvgIpc) is 3.37. The van der Waals surface area contributed by atoms with E-state index in [1.54, 1.807) is 7.05 Å². The molecule has 1 aliphatic rings. The summed E-state index contributed by atoms with van der Waals surface area (Å²) in [6, 6.07) is 16.7. The smallest absolute Gasteiger partial charge is 0.407 e. The highest BCUT2D eigenvalue weighted by Gasteiger charge is 2.31. The van der Waals surface area contributed by atoms with Gasteiger partial charge in [-0.25, -0.2) is 4.79 Å². The van der Waals surface area contributed by atoms with Crippen LogP contribution in [0.25, 0.3) is 11.1 Å². The molecule has 0 fully saturated rings. The molecule has 8 heteroatoms. The number of hydrogen-bond donors (Lipinski definition) is 2. The molecule has 0 bridgehead atoms. The minimum Gasteiger partial charge on any atom is -0.481 e. The van der Waals surface area contributed by atoms with Crippen molar-refractivity contribution in [2.45, 2.75) is 31.8 Å². The second-order valence-corrected chi connectivity index (χ2v) is 9.34. The fourth-order valence-corrected chi connectivity index (χ4v) is 5.24. The van der Waals surface area contributed by atoms with Crippen molar-refractivity contribution in [1.82, 2.24) is 10.2 Å². The van der Waals surface area contributed by atoms with E-state index in [1.807, 2.05) is 66.9 Å². The number of aliphatic carboxylic acids is 1. The Morgan fingerprint density at radius 1 is 1.06 bits per heavy atom. The third-order valence-electron chi connectivity index (χ3n) is 6.04. The van der Waals surface area contributed by atoms with Crippen LogP contribution in [0.15, 0.2) is 60.0 Å². The maximum Gasteiger partial charge on any atom is 0.407 e. The molecular weight excluding hydrogens is 452 g/mol. The van der Waals surface area contributed by atoms with Gasteiger partial charge in [-0.3, -0.25) is 9.59 Å². The number of thiophene rings is 1. The molecule has 1 aromatic heterocycles. The molecule has 0 radical (unpaired) electrons. The molecule has 7 nitrogen and oxygen atoms in total. The number of likely N-dealkylation sites (N-methyl/N-ethyl adjacent to an activating group) is 1. The molecule has 0 spiro atoms. The molecule has 2 aromatic carbocycles. The van der Waals surface area contributed by atoms with Gasteiger partial charge in [-0.1, -0.05) is 48.5 Å². The number of fused-ring (bicyclic) bond motifs is 3. The highest BCUT2D eigenvalue weighted by Crippen LogP contribution is 2.44. The van der Waals surface area contributed by atoms with E-state index in [2.05, 4.69) is 5.32 Å². The summed E-state index contributed by atoms with van der Waals surface area (Å²) in [7, 11) is 1.59. The van der Waals surface area contributed by atoms with Crippen molar-refractivity contribution in [3.63, 3.8) is 0 Å². The lowest BCUT2D eigenvalue weighted by atomic mass is 9.98. The van der Waals surface area contributed by atoms with Crippen LogP contribution in [0.5, 0.6) is 0 Å². The molecule has 176 valence electrons. The topological polar surface area (TPSA) is 95.9 Å². The number of alkyl carbamates (subject to hydrolysis) is 1. The minimum absolute atomic E-state index is 0.0814. The average molecular weight is 479 g/mol. The van der Waals surface area contributed by atoms with Gasteiger partial charge in [0.2, 0.25) is 5.91 Å². The highest BCUT2D eigenvalue weighted by atomic mass is 32.1. The first-order chi connectivity index (χ1) is 16.3. The zero-order valence-corrected chi connectivity index (χ0v) is 19.8. The monoisotopic (exact) mass is 478 g/mol. The lowest BCUT2D eigenvalue weighted by molar-refractivity contribution is -0.142. The number of nitrogens with zero attached hydrogens (tertiary/aromatic N) is 1. The number of carbonyl (C=O) groups is 3. The van der Waals surface area contributed by atoms with E-state index in [1.165, 1.54) is 16.2 Å². The second-order valence-electron chi connectivity index (χ2n) is 8.34. The van der Waals surface area contributed by atoms with Crippen molar-refractivity contribution in [2.24, 2.45) is 0 Å². The zero-order valence-electron chi connectivity index (χ0n) is 19.0. The van der Waals surface area contributed by atoms with Gasteiger partial charge in [-0.05, 0) is 46.2 Å². The number of nitrogens with one attached hydrogen (secondary N) is 1. The Morgan fingerprint density at radius 2 is 1.68 bits per heavy atom. The summed E-state index contributed by atoms with van der Waals surface area (Å²) in [6.45, 7) is 2.37. The van der Waals surface area contributed by atoms with Gasteiger partial charge in [0.05, 0.1) is 13.0 Å². The molecule has 1 atom stereocenters. The summed E-state index contributed by atoms with van der Waals surface area (Å²) in [5, 5.41) is 13.7. The first-order valence-electron chi connectivity index (χ1n) is 11.0. The largest absolute Gasteiger partial charge is 0.481 e. The first kappa shape index (κ1) is 23.5. The van der Waals surface area contributed by atoms with E-state index < -0.39 is 30.4 Å². The van der Waals surface area contributed by atoms with E-state index in [4.69, 9.17) is 4.74 Å². The lowest BCUT2D eigenvalue weighted by Crippen LogP contribution is -2.48. The van der Waals surface area contributed by atoms with Gasteiger partial charge < -0.3 is 20.1 Å². The number of aryl methyl sites for hydroxylation is 1. The van der Waals surface area contributed by atoms with Crippen LogP contribution in [0.2, 0.25) is 0 Å². The fourth-order valence-electron chi connectivity index (χ4n) is 4.28. The third kappa shape index (κ3) is 4.97. The van der Waals surface area contributed by atoms with Gasteiger partial charge in [0.15, 0.2) is 0 Å². The van der Waals surface area contributed by atoms with Crippen LogP contribution in [0.4, 0.5) is 4.79 Å². The number of rotatable bonds is 8. The third-order valence-corrected chi connectivity index (χ3v) is 7.05. The first-order valence-corrected chi connectivity index (χ1v) is 11.8. The number of carboxylic acids is 1. The Hall–Kier alpha value is -3.65. The van der Waals surface area contributed by atoms with E-state index in [0.717, 1.165) is 32.7 Å². The minimum atomic E-state index is -1.22. The Balaban J connectivity index is 1.42. The number of ether oxygens (including phenoxy) is 1. The summed E-state index contributed by atoms with van der Waals surface area (Å²) >= 11 is 1.52. The Bertz CT molecular complexity index is 1180. The van der Waals surface area contributed by atoms with Crippen molar-refractivity contribution in [3.05, 3.63) is 81.5 Å². The van der Waals surface area contributed by atoms with Crippen LogP contribution in [0.1, 0.15) is 33.9 Å². The summed E-state index contributed by atoms with van der Waals surface area (Å²) in [5.74, 6) is -1.79. The van der Waals surface area contributed by atoms with Gasteiger partial charge in [-0.2, -0.15) is 0 Å². The van der Waals surface area contributed by atoms with Gasteiger partial charge >= 0.3 is 12.1 Å². The summed E-state index contributed by atoms with van der Waals surface area (Å²) < 4.78 is 5.49. The van der Waals surface area contributed by atoms with Crippen molar-refractivity contribution >= 4 is 29.3 Å². The predicted octanol–water partition coefficient (Wildman–Crippen LogP) is 4.40. The van der Waals surface area contributed by atoms with Crippen LogP contribution < -0.4 is 5.32 Å². The number of amides is 2. The standard InChI is InChI=1S/C26H26N2O5S/c1-16-11-12-34-23(16)14-28(2)25(31)22(13-24(29)30)27-26(32)33-15-21-19-9-5-3-7-17(19)18-8-4-6-10-20(18)21/h3-12,21-22H,13-15H2,1-2H3,(H,27,32)(H,29,30). The van der Waals surface area contributed by atoms with Crippen LogP contribution in [0.3, 0.4) is 0 Å². The molecule has 3 aromatic rings. The maximum absolute atomic E-state index is 12.9. The van der Waals surface area contributed by atoms with E-state index in [9.17, 15) is 19.5 Å². The Kier molecular flexibility index (Phi) is 6.98. The van der Waals surface area contributed by atoms with E-state index >= 15 is 0 Å². The van der Waals surface area contributed by atoms with Gasteiger partial charge in [0.25, 0.3) is 0 Å².